The summed E-state index contributed by atoms with van der Waals surface area (Å²) >= 11 is 1.54. The first-order chi connectivity index (χ1) is 14.5. The van der Waals surface area contributed by atoms with Crippen molar-refractivity contribution in [1.82, 2.24) is 25.1 Å². The molecule has 0 aliphatic carbocycles. The summed E-state index contributed by atoms with van der Waals surface area (Å²) < 4.78 is 0. The Hall–Kier alpha value is -2.78. The lowest BCUT2D eigenvalue weighted by molar-refractivity contribution is 0.425. The number of aromatic amines is 1. The van der Waals surface area contributed by atoms with Crippen LogP contribution in [0.1, 0.15) is 19.0 Å². The van der Waals surface area contributed by atoms with Crippen LogP contribution in [0.5, 0.6) is 0 Å². The largest absolute Gasteiger partial charge is 0.385 e. The van der Waals surface area contributed by atoms with Crippen LogP contribution < -0.4 is 16.0 Å². The van der Waals surface area contributed by atoms with E-state index in [0.717, 1.165) is 54.0 Å². The lowest BCUT2D eigenvalue weighted by Gasteiger charge is -2.13. The Morgan fingerprint density at radius 3 is 2.40 bits per heavy atom. The molecule has 0 aliphatic heterocycles. The van der Waals surface area contributed by atoms with Gasteiger partial charge in [0.25, 0.3) is 0 Å². The number of hydrogen-bond acceptors (Lipinski definition) is 8. The number of rotatable bonds is 11. The lowest BCUT2D eigenvalue weighted by Crippen LogP contribution is -2.21. The molecule has 4 N–H and O–H groups in total. The summed E-state index contributed by atoms with van der Waals surface area (Å²) in [6.07, 6.45) is 1.10. The first-order valence-electron chi connectivity index (χ1n) is 10.1. The second-order valence-corrected chi connectivity index (χ2v) is 8.31. The fourth-order valence-electron chi connectivity index (χ4n) is 2.66. The summed E-state index contributed by atoms with van der Waals surface area (Å²) in [5.74, 6) is 2.21. The number of likely N-dealkylation sites (N-methyl/N-ethyl adjacent to an activating group) is 1. The molecule has 2 aromatic heterocycles. The van der Waals surface area contributed by atoms with E-state index in [4.69, 9.17) is 0 Å². The maximum absolute atomic E-state index is 4.68. The van der Waals surface area contributed by atoms with Crippen molar-refractivity contribution < 1.29 is 0 Å². The van der Waals surface area contributed by atoms with Crippen molar-refractivity contribution in [2.45, 2.75) is 30.3 Å². The maximum atomic E-state index is 4.68. The van der Waals surface area contributed by atoms with E-state index in [9.17, 15) is 0 Å². The molecule has 8 nitrogen and oxygen atoms in total. The van der Waals surface area contributed by atoms with Gasteiger partial charge in [0, 0.05) is 48.0 Å². The normalized spacial score (nSPS) is 11.0. The Morgan fingerprint density at radius 1 is 0.967 bits per heavy atom. The van der Waals surface area contributed by atoms with Gasteiger partial charge in [0.05, 0.1) is 0 Å². The Bertz CT molecular complexity index is 923. The number of H-pyrrole nitrogens is 1. The van der Waals surface area contributed by atoms with Gasteiger partial charge in [-0.3, -0.25) is 5.10 Å². The van der Waals surface area contributed by atoms with Crippen molar-refractivity contribution in [2.24, 2.45) is 0 Å². The van der Waals surface area contributed by atoms with Crippen molar-refractivity contribution in [3.05, 3.63) is 42.1 Å². The van der Waals surface area contributed by atoms with E-state index >= 15 is 0 Å². The van der Waals surface area contributed by atoms with Gasteiger partial charge in [-0.2, -0.15) is 5.10 Å². The number of anilines is 4. The quantitative estimate of drug-likeness (QED) is 0.339. The van der Waals surface area contributed by atoms with Crippen LogP contribution in [0.15, 0.2) is 46.5 Å². The molecule has 30 heavy (non-hydrogen) atoms. The minimum Gasteiger partial charge on any atom is -0.385 e. The van der Waals surface area contributed by atoms with E-state index in [1.54, 1.807) is 0 Å². The molecule has 3 rings (SSSR count). The zero-order valence-corrected chi connectivity index (χ0v) is 18.8. The molecule has 0 bridgehead atoms. The van der Waals surface area contributed by atoms with E-state index in [-0.39, 0.29) is 0 Å². The van der Waals surface area contributed by atoms with Crippen molar-refractivity contribution in [3.8, 4) is 0 Å². The summed E-state index contributed by atoms with van der Waals surface area (Å²) in [5.41, 5.74) is 2.11. The average Bonchev–Trinajstić information content (AvgIpc) is 3.11. The number of nitrogens with zero attached hydrogens (tertiary/aromatic N) is 4. The molecule has 0 aliphatic rings. The molecule has 3 aromatic rings. The van der Waals surface area contributed by atoms with Gasteiger partial charge >= 0.3 is 0 Å². The fraction of sp³-hybridized carbons (Fsp3) is 0.381. The van der Waals surface area contributed by atoms with Crippen LogP contribution in [0, 0.1) is 6.92 Å². The van der Waals surface area contributed by atoms with Crippen LogP contribution in [0.3, 0.4) is 0 Å². The van der Waals surface area contributed by atoms with E-state index in [1.807, 2.05) is 19.1 Å². The summed E-state index contributed by atoms with van der Waals surface area (Å²) in [6.45, 7) is 6.81. The topological polar surface area (TPSA) is 93.8 Å². The van der Waals surface area contributed by atoms with E-state index in [1.165, 1.54) is 11.8 Å². The molecule has 0 fully saturated rings. The Balaban J connectivity index is 1.76. The minimum atomic E-state index is 0.675. The van der Waals surface area contributed by atoms with Gasteiger partial charge in [-0.05, 0) is 63.5 Å². The van der Waals surface area contributed by atoms with Crippen LogP contribution in [0.25, 0.3) is 0 Å². The van der Waals surface area contributed by atoms with Gasteiger partial charge in [0.1, 0.15) is 11.6 Å². The van der Waals surface area contributed by atoms with Gasteiger partial charge < -0.3 is 20.9 Å². The zero-order chi connectivity index (χ0) is 21.3. The first-order valence-corrected chi connectivity index (χ1v) is 10.9. The molecule has 0 radical (unpaired) electrons. The molecule has 0 saturated carbocycles. The first kappa shape index (κ1) is 21.9. The highest BCUT2D eigenvalue weighted by molar-refractivity contribution is 7.99. The van der Waals surface area contributed by atoms with Gasteiger partial charge in [-0.1, -0.05) is 6.92 Å². The standard InChI is InChI=1S/C21H30N8S/c1-5-10-22-16-6-8-17(9-7-16)30-21-25-18(23-11-12-29(3)4)14-19(26-21)24-20-13-15(2)27-28-20/h6-9,13-14,22H,5,10-12H2,1-4H3,(H3,23,24,25,26,27,28). The number of nitrogens with one attached hydrogen (secondary N) is 4. The predicted molar refractivity (Wildman–Crippen MR) is 125 cm³/mol. The summed E-state index contributed by atoms with van der Waals surface area (Å²) in [7, 11) is 4.10. The van der Waals surface area contributed by atoms with E-state index in [2.05, 4.69) is 86.3 Å². The van der Waals surface area contributed by atoms with Crippen molar-refractivity contribution in [1.29, 1.82) is 0 Å². The molecular formula is C21H30N8S. The van der Waals surface area contributed by atoms with Gasteiger partial charge in [0.15, 0.2) is 11.0 Å². The fourth-order valence-corrected chi connectivity index (χ4v) is 3.43. The molecule has 0 unspecified atom stereocenters. The van der Waals surface area contributed by atoms with Gasteiger partial charge in [-0.25, -0.2) is 9.97 Å². The molecule has 0 spiro atoms. The third kappa shape index (κ3) is 6.93. The van der Waals surface area contributed by atoms with Crippen molar-refractivity contribution in [3.63, 3.8) is 0 Å². The Kier molecular flexibility index (Phi) is 7.92. The molecule has 160 valence electrons. The second-order valence-electron chi connectivity index (χ2n) is 7.27. The van der Waals surface area contributed by atoms with E-state index in [0.29, 0.717) is 11.0 Å². The SMILES string of the molecule is CCCNc1ccc(Sc2nc(NCCN(C)C)cc(Nc3cc(C)[nH]n3)n2)cc1. The highest BCUT2D eigenvalue weighted by Gasteiger charge is 2.09. The summed E-state index contributed by atoms with van der Waals surface area (Å²) in [5, 5.41) is 17.9. The third-order valence-corrected chi connectivity index (χ3v) is 5.05. The van der Waals surface area contributed by atoms with Crippen molar-refractivity contribution in [2.75, 3.05) is 49.7 Å². The highest BCUT2D eigenvalue weighted by Crippen LogP contribution is 2.28. The Morgan fingerprint density at radius 2 is 1.73 bits per heavy atom. The zero-order valence-electron chi connectivity index (χ0n) is 18.0. The van der Waals surface area contributed by atoms with Crippen molar-refractivity contribution >= 4 is 34.9 Å². The van der Waals surface area contributed by atoms with Crippen LogP contribution in [0.4, 0.5) is 23.1 Å². The summed E-state index contributed by atoms with van der Waals surface area (Å²) in [6, 6.07) is 12.2. The van der Waals surface area contributed by atoms with Crippen LogP contribution in [-0.4, -0.2) is 58.8 Å². The van der Waals surface area contributed by atoms with Crippen LogP contribution in [-0.2, 0) is 0 Å². The predicted octanol–water partition coefficient (Wildman–Crippen LogP) is 4.20. The third-order valence-electron chi connectivity index (χ3n) is 4.18. The maximum Gasteiger partial charge on any atom is 0.196 e. The molecular weight excluding hydrogens is 396 g/mol. The second kappa shape index (κ2) is 10.8. The summed E-state index contributed by atoms with van der Waals surface area (Å²) in [4.78, 5) is 12.6. The molecule has 9 heteroatoms. The van der Waals surface area contributed by atoms with Crippen LogP contribution in [0.2, 0.25) is 0 Å². The lowest BCUT2D eigenvalue weighted by atomic mass is 10.3. The molecule has 0 saturated heterocycles. The molecule has 0 amide bonds. The average molecular weight is 427 g/mol. The molecule has 0 atom stereocenters. The number of hydrogen-bond donors (Lipinski definition) is 4. The monoisotopic (exact) mass is 426 g/mol. The Labute approximate surface area is 182 Å². The molecule has 2 heterocycles. The smallest absolute Gasteiger partial charge is 0.196 e. The molecule has 1 aromatic carbocycles. The minimum absolute atomic E-state index is 0.675. The van der Waals surface area contributed by atoms with Crippen LogP contribution >= 0.6 is 11.8 Å². The number of aromatic nitrogens is 4. The number of benzene rings is 1. The number of aryl methyl sites for hydroxylation is 1. The highest BCUT2D eigenvalue weighted by atomic mass is 32.2. The van der Waals surface area contributed by atoms with E-state index < -0.39 is 0 Å². The van der Waals surface area contributed by atoms with Gasteiger partial charge in [-0.15, -0.1) is 0 Å². The van der Waals surface area contributed by atoms with Gasteiger partial charge in [0.2, 0.25) is 0 Å².